The average Bonchev–Trinajstić information content (AvgIpc) is 2.67. The minimum Gasteiger partial charge on any atom is -0.489 e. The number of benzene rings is 2. The number of ether oxygens (including phenoxy) is 1. The molecule has 0 radical (unpaired) electrons. The highest BCUT2D eigenvalue weighted by molar-refractivity contribution is 6.35. The summed E-state index contributed by atoms with van der Waals surface area (Å²) in [5.74, 6) is -1.22. The summed E-state index contributed by atoms with van der Waals surface area (Å²) in [5.41, 5.74) is 3.63. The zero-order valence-electron chi connectivity index (χ0n) is 15.2. The molecule has 0 aromatic heterocycles. The van der Waals surface area contributed by atoms with Crippen molar-refractivity contribution in [2.75, 3.05) is 0 Å². The van der Waals surface area contributed by atoms with Gasteiger partial charge in [0.2, 0.25) is 0 Å². The van der Waals surface area contributed by atoms with Crippen LogP contribution in [0.5, 0.6) is 5.75 Å². The van der Waals surface area contributed by atoms with Crippen LogP contribution < -0.4 is 15.5 Å². The van der Waals surface area contributed by atoms with Crippen LogP contribution in [-0.2, 0) is 16.2 Å². The van der Waals surface area contributed by atoms with Crippen molar-refractivity contribution < 1.29 is 18.7 Å². The summed E-state index contributed by atoms with van der Waals surface area (Å²) in [6.45, 7) is 3.98. The van der Waals surface area contributed by atoms with Gasteiger partial charge in [0.25, 0.3) is 0 Å². The van der Waals surface area contributed by atoms with Crippen LogP contribution in [0.25, 0.3) is 0 Å². The molecule has 0 spiro atoms. The van der Waals surface area contributed by atoms with Crippen LogP contribution in [0.15, 0.2) is 53.6 Å². The van der Waals surface area contributed by atoms with Gasteiger partial charge in [-0.05, 0) is 60.9 Å². The largest absolute Gasteiger partial charge is 0.489 e. The number of nitrogens with one attached hydrogen (secondary N) is 2. The Balaban J connectivity index is 1.81. The van der Waals surface area contributed by atoms with Crippen molar-refractivity contribution in [2.45, 2.75) is 32.9 Å². The zero-order valence-corrected chi connectivity index (χ0v) is 15.2. The standard InChI is InChI=1S/C20H22FN3O3/c1-3-14(2)23-19(25)20(26)24-22-12-15-7-9-18(10-8-15)27-13-16-5-4-6-17(21)11-16/h4-12,14H,3,13H2,1-2H3,(H,23,25)(H,24,26)/b22-12-/t14-/m1/s1. The molecule has 0 unspecified atom stereocenters. The van der Waals surface area contributed by atoms with Crippen LogP contribution in [-0.4, -0.2) is 24.1 Å². The number of nitrogens with zero attached hydrogens (tertiary/aromatic N) is 1. The minimum atomic E-state index is -0.818. The van der Waals surface area contributed by atoms with Crippen LogP contribution in [0.1, 0.15) is 31.4 Å². The summed E-state index contributed by atoms with van der Waals surface area (Å²) >= 11 is 0. The van der Waals surface area contributed by atoms with Gasteiger partial charge in [-0.25, -0.2) is 9.82 Å². The Morgan fingerprint density at radius 3 is 2.59 bits per heavy atom. The maximum atomic E-state index is 13.1. The fourth-order valence-corrected chi connectivity index (χ4v) is 2.05. The third kappa shape index (κ3) is 6.89. The SMILES string of the molecule is CC[C@@H](C)NC(=O)C(=O)N/N=C\c1ccc(OCc2cccc(F)c2)cc1. The molecule has 0 bridgehead atoms. The maximum Gasteiger partial charge on any atom is 0.329 e. The van der Waals surface area contributed by atoms with E-state index in [0.29, 0.717) is 5.75 Å². The Hall–Kier alpha value is -3.22. The molecule has 2 N–H and O–H groups in total. The molecule has 2 rings (SSSR count). The molecule has 0 aliphatic carbocycles. The topological polar surface area (TPSA) is 79.8 Å². The fraction of sp³-hybridized carbons (Fsp3) is 0.250. The van der Waals surface area contributed by atoms with Gasteiger partial charge in [0.05, 0.1) is 6.21 Å². The van der Waals surface area contributed by atoms with Gasteiger partial charge < -0.3 is 10.1 Å². The average molecular weight is 371 g/mol. The number of hydrazone groups is 1. The van der Waals surface area contributed by atoms with Crippen LogP contribution >= 0.6 is 0 Å². The van der Waals surface area contributed by atoms with Gasteiger partial charge in [-0.15, -0.1) is 0 Å². The second kappa shape index (κ2) is 10.1. The Morgan fingerprint density at radius 2 is 1.93 bits per heavy atom. The second-order valence-corrected chi connectivity index (χ2v) is 5.97. The van der Waals surface area contributed by atoms with Crippen LogP contribution in [0, 0.1) is 5.82 Å². The van der Waals surface area contributed by atoms with Crippen molar-refractivity contribution in [1.29, 1.82) is 0 Å². The van der Waals surface area contributed by atoms with Gasteiger partial charge in [0.15, 0.2) is 0 Å². The minimum absolute atomic E-state index is 0.0767. The summed E-state index contributed by atoms with van der Waals surface area (Å²) in [5, 5.41) is 6.31. The quantitative estimate of drug-likeness (QED) is 0.446. The molecule has 0 saturated carbocycles. The monoisotopic (exact) mass is 371 g/mol. The first-order chi connectivity index (χ1) is 13.0. The number of carbonyl (C=O) groups is 2. The summed E-state index contributed by atoms with van der Waals surface area (Å²) in [6, 6.07) is 13.1. The smallest absolute Gasteiger partial charge is 0.329 e. The van der Waals surface area contributed by atoms with Crippen LogP contribution in [0.2, 0.25) is 0 Å². The lowest BCUT2D eigenvalue weighted by atomic mass is 10.2. The van der Waals surface area contributed by atoms with E-state index in [4.69, 9.17) is 4.74 Å². The normalized spacial score (nSPS) is 11.8. The first kappa shape index (κ1) is 20.1. The summed E-state index contributed by atoms with van der Waals surface area (Å²) < 4.78 is 18.7. The van der Waals surface area contributed by atoms with Gasteiger partial charge in [0.1, 0.15) is 18.2 Å². The number of hydrogen-bond acceptors (Lipinski definition) is 4. The molecule has 142 valence electrons. The Kier molecular flexibility index (Phi) is 7.49. The van der Waals surface area contributed by atoms with E-state index in [2.05, 4.69) is 15.8 Å². The molecular weight excluding hydrogens is 349 g/mol. The number of rotatable bonds is 7. The highest BCUT2D eigenvalue weighted by Crippen LogP contribution is 2.14. The lowest BCUT2D eigenvalue weighted by molar-refractivity contribution is -0.139. The molecule has 2 aromatic rings. The van der Waals surface area contributed by atoms with Gasteiger partial charge in [-0.2, -0.15) is 5.10 Å². The summed E-state index contributed by atoms with van der Waals surface area (Å²) in [4.78, 5) is 23.2. The van der Waals surface area contributed by atoms with Gasteiger partial charge in [-0.3, -0.25) is 9.59 Å². The first-order valence-corrected chi connectivity index (χ1v) is 8.59. The predicted molar refractivity (Wildman–Crippen MR) is 101 cm³/mol. The van der Waals surface area contributed by atoms with E-state index < -0.39 is 11.8 Å². The molecule has 2 amide bonds. The highest BCUT2D eigenvalue weighted by Gasteiger charge is 2.14. The molecule has 0 heterocycles. The lowest BCUT2D eigenvalue weighted by Crippen LogP contribution is -2.41. The zero-order chi connectivity index (χ0) is 19.6. The lowest BCUT2D eigenvalue weighted by Gasteiger charge is -2.09. The Bertz CT molecular complexity index is 806. The molecule has 2 aromatic carbocycles. The van der Waals surface area contributed by atoms with E-state index in [1.807, 2.05) is 13.8 Å². The van der Waals surface area contributed by atoms with Crippen molar-refractivity contribution in [3.8, 4) is 5.75 Å². The third-order valence-electron chi connectivity index (χ3n) is 3.75. The van der Waals surface area contributed by atoms with E-state index in [0.717, 1.165) is 17.5 Å². The highest BCUT2D eigenvalue weighted by atomic mass is 19.1. The summed E-state index contributed by atoms with van der Waals surface area (Å²) in [6.07, 6.45) is 2.15. The predicted octanol–water partition coefficient (Wildman–Crippen LogP) is 2.77. The van der Waals surface area contributed by atoms with Crippen molar-refractivity contribution in [3.63, 3.8) is 0 Å². The molecule has 0 aliphatic rings. The van der Waals surface area contributed by atoms with Gasteiger partial charge in [-0.1, -0.05) is 19.1 Å². The van der Waals surface area contributed by atoms with E-state index in [1.165, 1.54) is 18.3 Å². The number of halogens is 1. The van der Waals surface area contributed by atoms with E-state index in [-0.39, 0.29) is 18.5 Å². The third-order valence-corrected chi connectivity index (χ3v) is 3.75. The molecule has 0 aliphatic heterocycles. The Morgan fingerprint density at radius 1 is 1.19 bits per heavy atom. The number of amides is 2. The molecule has 6 nitrogen and oxygen atoms in total. The fourth-order valence-electron chi connectivity index (χ4n) is 2.05. The van der Waals surface area contributed by atoms with Crippen molar-refractivity contribution in [3.05, 3.63) is 65.5 Å². The molecule has 0 saturated heterocycles. The molecular formula is C20H22FN3O3. The van der Waals surface area contributed by atoms with Crippen molar-refractivity contribution in [1.82, 2.24) is 10.7 Å². The van der Waals surface area contributed by atoms with E-state index in [1.54, 1.807) is 36.4 Å². The van der Waals surface area contributed by atoms with Crippen LogP contribution in [0.3, 0.4) is 0 Å². The molecule has 0 fully saturated rings. The summed E-state index contributed by atoms with van der Waals surface area (Å²) in [7, 11) is 0. The van der Waals surface area contributed by atoms with Crippen LogP contribution in [0.4, 0.5) is 4.39 Å². The maximum absolute atomic E-state index is 13.1. The second-order valence-electron chi connectivity index (χ2n) is 5.97. The van der Waals surface area contributed by atoms with Gasteiger partial charge in [0, 0.05) is 6.04 Å². The number of carbonyl (C=O) groups excluding carboxylic acids is 2. The molecule has 27 heavy (non-hydrogen) atoms. The van der Waals surface area contributed by atoms with Crippen molar-refractivity contribution >= 4 is 18.0 Å². The number of hydrogen-bond donors (Lipinski definition) is 2. The molecule has 1 atom stereocenters. The van der Waals surface area contributed by atoms with E-state index >= 15 is 0 Å². The molecule has 7 heteroatoms. The van der Waals surface area contributed by atoms with Gasteiger partial charge >= 0.3 is 11.8 Å². The van der Waals surface area contributed by atoms with E-state index in [9.17, 15) is 14.0 Å². The first-order valence-electron chi connectivity index (χ1n) is 8.59. The Labute approximate surface area is 157 Å². The van der Waals surface area contributed by atoms with Crippen molar-refractivity contribution in [2.24, 2.45) is 5.10 Å².